The van der Waals surface area contributed by atoms with Gasteiger partial charge in [-0.2, -0.15) is 4.90 Å². The molecule has 3 heteroatoms. The van der Waals surface area contributed by atoms with E-state index in [1.54, 1.807) is 6.92 Å². The lowest BCUT2D eigenvalue weighted by Gasteiger charge is -2.02. The second-order valence-corrected chi connectivity index (χ2v) is 2.72. The second kappa shape index (κ2) is 4.91. The van der Waals surface area contributed by atoms with Crippen LogP contribution in [0, 0.1) is 0 Å². The molecule has 0 aromatic carbocycles. The molecule has 3 nitrogen and oxygen atoms in total. The Morgan fingerprint density at radius 2 is 2.09 bits per heavy atom. The Bertz CT molecular complexity index is 152. The van der Waals surface area contributed by atoms with Crippen LogP contribution in [0.25, 0.3) is 0 Å². The Labute approximate surface area is 67.6 Å². The highest BCUT2D eigenvalue weighted by Gasteiger charge is 2.04. The van der Waals surface area contributed by atoms with Gasteiger partial charge in [-0.3, -0.25) is 0 Å². The molecule has 0 aliphatic heterocycles. The number of carbonyl (C=O) groups excluding carboxylic acids is 1. The van der Waals surface area contributed by atoms with Gasteiger partial charge in [-0.1, -0.05) is 6.58 Å². The lowest BCUT2D eigenvalue weighted by Crippen LogP contribution is -2.25. The summed E-state index contributed by atoms with van der Waals surface area (Å²) in [5, 5.41) is 0. The van der Waals surface area contributed by atoms with Gasteiger partial charge in [-0.05, 0) is 6.92 Å². The van der Waals surface area contributed by atoms with Crippen molar-refractivity contribution in [1.29, 1.82) is 0 Å². The van der Waals surface area contributed by atoms with E-state index in [1.807, 2.05) is 19.0 Å². The fourth-order valence-electron chi connectivity index (χ4n) is 0.444. The van der Waals surface area contributed by atoms with Crippen molar-refractivity contribution in [1.82, 2.24) is 4.90 Å². The molecule has 0 spiro atoms. The Balaban J connectivity index is 3.40. The quantitative estimate of drug-likeness (QED) is 0.338. The molecule has 0 aromatic heterocycles. The van der Waals surface area contributed by atoms with E-state index in [1.165, 1.54) is 0 Å². The van der Waals surface area contributed by atoms with Crippen molar-refractivity contribution < 1.29 is 9.53 Å². The number of hydrogen-bond donors (Lipinski definition) is 0. The summed E-state index contributed by atoms with van der Waals surface area (Å²) in [6.07, 6.45) is 0. The van der Waals surface area contributed by atoms with Gasteiger partial charge in [0.25, 0.3) is 0 Å². The summed E-state index contributed by atoms with van der Waals surface area (Å²) in [4.78, 5) is 12.7. The number of hydrogen-bond acceptors (Lipinski definition) is 3. The molecule has 63 valence electrons. The number of nitrogens with zero attached hydrogens (tertiary/aromatic N) is 1. The van der Waals surface area contributed by atoms with Crippen LogP contribution in [0.5, 0.6) is 0 Å². The van der Waals surface area contributed by atoms with Crippen molar-refractivity contribution in [2.75, 3.05) is 27.2 Å². The van der Waals surface area contributed by atoms with E-state index in [2.05, 4.69) is 6.58 Å². The summed E-state index contributed by atoms with van der Waals surface area (Å²) < 4.78 is 4.83. The summed E-state index contributed by atoms with van der Waals surface area (Å²) in [5.74, 6) is -0.313. The molecule has 0 amide bonds. The van der Waals surface area contributed by atoms with Gasteiger partial charge in [-0.15, -0.1) is 0 Å². The maximum Gasteiger partial charge on any atom is 0.333 e. The van der Waals surface area contributed by atoms with Crippen LogP contribution in [0.1, 0.15) is 6.92 Å². The zero-order valence-corrected chi connectivity index (χ0v) is 7.39. The van der Waals surface area contributed by atoms with Crippen molar-refractivity contribution in [2.45, 2.75) is 6.92 Å². The molecular weight excluding hydrogens is 142 g/mol. The van der Waals surface area contributed by atoms with E-state index in [0.717, 1.165) is 6.54 Å². The van der Waals surface area contributed by atoms with Crippen molar-refractivity contribution in [3.8, 4) is 0 Å². The fraction of sp³-hybridized carbons (Fsp3) is 0.625. The van der Waals surface area contributed by atoms with Crippen molar-refractivity contribution in [2.24, 2.45) is 0 Å². The third-order valence-corrected chi connectivity index (χ3v) is 1.12. The van der Waals surface area contributed by atoms with Crippen LogP contribution in [-0.4, -0.2) is 33.2 Å². The molecule has 0 aromatic rings. The minimum Gasteiger partial charge on any atom is -0.456 e. The maximum atomic E-state index is 10.8. The third kappa shape index (κ3) is 5.61. The van der Waals surface area contributed by atoms with Crippen LogP contribution < -0.4 is 4.90 Å². The highest BCUT2D eigenvalue weighted by atomic mass is 16.5. The van der Waals surface area contributed by atoms with Gasteiger partial charge in [-0.25, -0.2) is 4.79 Å². The summed E-state index contributed by atoms with van der Waals surface area (Å²) in [7, 11) is 3.85. The molecule has 0 aliphatic rings. The molecule has 0 heterocycles. The van der Waals surface area contributed by atoms with Crippen LogP contribution in [0.15, 0.2) is 12.2 Å². The summed E-state index contributed by atoms with van der Waals surface area (Å²) in [6, 6.07) is 0. The minimum atomic E-state index is -0.313. The molecule has 0 fully saturated rings. The van der Waals surface area contributed by atoms with Crippen LogP contribution in [0.3, 0.4) is 0 Å². The largest absolute Gasteiger partial charge is 0.456 e. The molecule has 0 bridgehead atoms. The molecule has 11 heavy (non-hydrogen) atoms. The zero-order valence-electron chi connectivity index (χ0n) is 7.39. The normalized spacial score (nSPS) is 9.82. The van der Waals surface area contributed by atoms with Gasteiger partial charge >= 0.3 is 5.97 Å². The fourth-order valence-corrected chi connectivity index (χ4v) is 0.444. The maximum absolute atomic E-state index is 10.8. The van der Waals surface area contributed by atoms with E-state index in [4.69, 9.17) is 4.74 Å². The number of likely N-dealkylation sites (N-methyl/N-ethyl adjacent to an activating group) is 1. The molecule has 0 rings (SSSR count). The highest BCUT2D eigenvalue weighted by molar-refractivity contribution is 5.86. The summed E-state index contributed by atoms with van der Waals surface area (Å²) in [5.41, 5.74) is 0.448. The Morgan fingerprint density at radius 3 is 2.45 bits per heavy atom. The molecule has 0 saturated heterocycles. The predicted molar refractivity (Wildman–Crippen MR) is 44.6 cm³/mol. The number of ether oxygens (including phenoxy) is 1. The first kappa shape index (κ1) is 10.2. The van der Waals surface area contributed by atoms with E-state index in [-0.39, 0.29) is 5.97 Å². The average molecular weight is 157 g/mol. The van der Waals surface area contributed by atoms with E-state index in [0.29, 0.717) is 12.2 Å². The Kier molecular flexibility index (Phi) is 4.54. The summed E-state index contributed by atoms with van der Waals surface area (Å²) in [6.45, 7) is 6.28. The Hall–Kier alpha value is -0.830. The van der Waals surface area contributed by atoms with Crippen molar-refractivity contribution >= 4 is 5.97 Å². The Morgan fingerprint density at radius 1 is 1.55 bits per heavy atom. The lowest BCUT2D eigenvalue weighted by atomic mass is 10.4. The van der Waals surface area contributed by atoms with Crippen molar-refractivity contribution in [3.05, 3.63) is 12.2 Å². The standard InChI is InChI=1S/C8H15NO2/c1-7(2)8(10)11-6-5-9(3)4/h1,5-6H2,2-4H3/q+1. The number of esters is 1. The average Bonchev–Trinajstić information content (AvgIpc) is 1.86. The topological polar surface area (TPSA) is 32.2 Å². The first-order valence-electron chi connectivity index (χ1n) is 3.51. The molecule has 0 aliphatic carbocycles. The molecular formula is C8H15NO2+. The van der Waals surface area contributed by atoms with Gasteiger partial charge in [0.1, 0.15) is 20.7 Å². The molecule has 1 radical (unpaired) electrons. The number of carbonyl (C=O) groups is 1. The molecule has 0 atom stereocenters. The van der Waals surface area contributed by atoms with Crippen LogP contribution in [0.2, 0.25) is 0 Å². The van der Waals surface area contributed by atoms with Gasteiger partial charge in [0, 0.05) is 5.57 Å². The predicted octanol–water partition coefficient (Wildman–Crippen LogP) is 0.505. The molecule has 0 unspecified atom stereocenters. The van der Waals surface area contributed by atoms with Crippen LogP contribution >= 0.6 is 0 Å². The second-order valence-electron chi connectivity index (χ2n) is 2.72. The lowest BCUT2D eigenvalue weighted by molar-refractivity contribution is -0.138. The third-order valence-electron chi connectivity index (χ3n) is 1.12. The molecule has 0 N–H and O–H groups in total. The van der Waals surface area contributed by atoms with E-state index < -0.39 is 0 Å². The minimum absolute atomic E-state index is 0.313. The van der Waals surface area contributed by atoms with E-state index in [9.17, 15) is 4.79 Å². The van der Waals surface area contributed by atoms with Gasteiger partial charge in [0.15, 0.2) is 6.54 Å². The molecule has 0 saturated carbocycles. The van der Waals surface area contributed by atoms with E-state index >= 15 is 0 Å². The van der Waals surface area contributed by atoms with Crippen molar-refractivity contribution in [3.63, 3.8) is 0 Å². The van der Waals surface area contributed by atoms with Crippen LogP contribution in [-0.2, 0) is 9.53 Å². The first-order valence-corrected chi connectivity index (χ1v) is 3.51. The summed E-state index contributed by atoms with van der Waals surface area (Å²) >= 11 is 0. The number of rotatable bonds is 4. The van der Waals surface area contributed by atoms with Crippen LogP contribution in [0.4, 0.5) is 0 Å². The van der Waals surface area contributed by atoms with Gasteiger partial charge in [0.05, 0.1) is 0 Å². The SMILES string of the molecule is C=C(C)C(=O)OCC[N+](C)C. The highest BCUT2D eigenvalue weighted by Crippen LogP contribution is 1.90. The van der Waals surface area contributed by atoms with Gasteiger partial charge in [0.2, 0.25) is 0 Å². The smallest absolute Gasteiger partial charge is 0.333 e. The zero-order chi connectivity index (χ0) is 8.85. The van der Waals surface area contributed by atoms with Gasteiger partial charge < -0.3 is 4.74 Å². The first-order chi connectivity index (χ1) is 5.04. The monoisotopic (exact) mass is 157 g/mol.